The fourth-order valence-corrected chi connectivity index (χ4v) is 2.13. The van der Waals surface area contributed by atoms with Gasteiger partial charge in [0.1, 0.15) is 5.82 Å². The lowest BCUT2D eigenvalue weighted by Crippen LogP contribution is -2.41. The van der Waals surface area contributed by atoms with E-state index < -0.39 is 5.97 Å². The van der Waals surface area contributed by atoms with Gasteiger partial charge in [0.25, 0.3) is 0 Å². The Kier molecular flexibility index (Phi) is 4.15. The lowest BCUT2D eigenvalue weighted by Gasteiger charge is -2.38. The van der Waals surface area contributed by atoms with Gasteiger partial charge in [-0.1, -0.05) is 0 Å². The summed E-state index contributed by atoms with van der Waals surface area (Å²) in [5, 5.41) is 17.9. The van der Waals surface area contributed by atoms with E-state index >= 15 is 0 Å². The van der Waals surface area contributed by atoms with Gasteiger partial charge in [-0.25, -0.2) is 9.78 Å². The van der Waals surface area contributed by atoms with Crippen molar-refractivity contribution < 1.29 is 15.0 Å². The molecule has 0 bridgehead atoms. The number of carboxylic acid groups (broad SMARTS) is 1. The van der Waals surface area contributed by atoms with Crippen molar-refractivity contribution in [2.45, 2.75) is 31.7 Å². The van der Waals surface area contributed by atoms with E-state index in [9.17, 15) is 4.79 Å². The summed E-state index contributed by atoms with van der Waals surface area (Å²) < 4.78 is 0. The van der Waals surface area contributed by atoms with Crippen molar-refractivity contribution in [1.82, 2.24) is 4.98 Å². The number of rotatable bonds is 6. The molecule has 1 aromatic rings. The first-order valence-electron chi connectivity index (χ1n) is 6.29. The SMILES string of the molecule is O=C(O)c1ccnc(N(CCCO)C2CCC2)c1. The standard InChI is InChI=1S/C13H18N2O3/c16-8-2-7-15(11-3-1-4-11)12-9-10(13(17)18)5-6-14-12/h5-6,9,11,16H,1-4,7-8H2,(H,17,18). The minimum absolute atomic E-state index is 0.141. The minimum atomic E-state index is -0.936. The van der Waals surface area contributed by atoms with Crippen LogP contribution >= 0.6 is 0 Å². The summed E-state index contributed by atoms with van der Waals surface area (Å²) in [5.74, 6) is -0.234. The zero-order chi connectivity index (χ0) is 13.0. The van der Waals surface area contributed by atoms with Crippen LogP contribution in [-0.2, 0) is 0 Å². The van der Waals surface area contributed by atoms with Gasteiger partial charge in [0, 0.05) is 25.4 Å². The van der Waals surface area contributed by atoms with E-state index in [2.05, 4.69) is 9.88 Å². The summed E-state index contributed by atoms with van der Waals surface area (Å²) in [4.78, 5) is 17.3. The third kappa shape index (κ3) is 2.79. The van der Waals surface area contributed by atoms with Crippen LogP contribution in [0.2, 0.25) is 0 Å². The van der Waals surface area contributed by atoms with E-state index in [1.54, 1.807) is 6.07 Å². The molecule has 1 saturated carbocycles. The Hall–Kier alpha value is -1.62. The third-order valence-corrected chi connectivity index (χ3v) is 3.36. The maximum atomic E-state index is 11.0. The van der Waals surface area contributed by atoms with Gasteiger partial charge in [-0.3, -0.25) is 0 Å². The van der Waals surface area contributed by atoms with Crippen molar-refractivity contribution in [1.29, 1.82) is 0 Å². The number of aromatic carboxylic acids is 1. The van der Waals surface area contributed by atoms with Crippen LogP contribution in [0.5, 0.6) is 0 Å². The van der Waals surface area contributed by atoms with Crippen molar-refractivity contribution in [2.75, 3.05) is 18.1 Å². The summed E-state index contributed by atoms with van der Waals surface area (Å²) in [7, 11) is 0. The van der Waals surface area contributed by atoms with Crippen LogP contribution in [-0.4, -0.2) is 40.4 Å². The van der Waals surface area contributed by atoms with Crippen molar-refractivity contribution >= 4 is 11.8 Å². The topological polar surface area (TPSA) is 73.7 Å². The Balaban J connectivity index is 2.17. The molecule has 0 aliphatic heterocycles. The maximum absolute atomic E-state index is 11.0. The molecule has 98 valence electrons. The number of pyridine rings is 1. The smallest absolute Gasteiger partial charge is 0.335 e. The highest BCUT2D eigenvalue weighted by Crippen LogP contribution is 2.28. The van der Waals surface area contributed by atoms with E-state index in [0.29, 0.717) is 18.3 Å². The average molecular weight is 250 g/mol. The number of aromatic nitrogens is 1. The molecule has 5 heteroatoms. The number of hydrogen-bond donors (Lipinski definition) is 2. The van der Waals surface area contributed by atoms with E-state index in [-0.39, 0.29) is 12.2 Å². The molecular formula is C13H18N2O3. The summed E-state index contributed by atoms with van der Waals surface area (Å²) in [6.45, 7) is 0.860. The second-order valence-electron chi connectivity index (χ2n) is 4.56. The molecule has 0 saturated heterocycles. The Morgan fingerprint density at radius 1 is 1.50 bits per heavy atom. The normalized spacial score (nSPS) is 15.2. The van der Waals surface area contributed by atoms with Crippen molar-refractivity contribution in [3.05, 3.63) is 23.9 Å². The zero-order valence-electron chi connectivity index (χ0n) is 10.2. The number of carboxylic acids is 1. The summed E-state index contributed by atoms with van der Waals surface area (Å²) in [5.41, 5.74) is 0.258. The molecule has 1 aromatic heterocycles. The van der Waals surface area contributed by atoms with Crippen LogP contribution in [0.15, 0.2) is 18.3 Å². The van der Waals surface area contributed by atoms with Gasteiger partial charge in [0.15, 0.2) is 0 Å². The molecule has 0 amide bonds. The number of anilines is 1. The molecule has 1 aliphatic carbocycles. The Morgan fingerprint density at radius 3 is 2.83 bits per heavy atom. The van der Waals surface area contributed by atoms with E-state index in [4.69, 9.17) is 10.2 Å². The maximum Gasteiger partial charge on any atom is 0.335 e. The first-order valence-corrected chi connectivity index (χ1v) is 6.29. The molecule has 0 aromatic carbocycles. The van der Waals surface area contributed by atoms with E-state index in [1.165, 1.54) is 18.7 Å². The summed E-state index contributed by atoms with van der Waals surface area (Å²) in [6, 6.07) is 3.54. The molecule has 2 N–H and O–H groups in total. The fourth-order valence-electron chi connectivity index (χ4n) is 2.13. The zero-order valence-corrected chi connectivity index (χ0v) is 10.2. The van der Waals surface area contributed by atoms with Crippen LogP contribution in [0, 0.1) is 0 Å². The van der Waals surface area contributed by atoms with Gasteiger partial charge >= 0.3 is 5.97 Å². The largest absolute Gasteiger partial charge is 0.478 e. The molecule has 0 spiro atoms. The van der Waals surface area contributed by atoms with Gasteiger partial charge in [-0.2, -0.15) is 0 Å². The highest BCUT2D eigenvalue weighted by molar-refractivity contribution is 5.88. The van der Waals surface area contributed by atoms with Gasteiger partial charge < -0.3 is 15.1 Å². The summed E-state index contributed by atoms with van der Waals surface area (Å²) >= 11 is 0. The third-order valence-electron chi connectivity index (χ3n) is 3.36. The van der Waals surface area contributed by atoms with Crippen LogP contribution in [0.1, 0.15) is 36.0 Å². The second kappa shape index (κ2) is 5.82. The minimum Gasteiger partial charge on any atom is -0.478 e. The summed E-state index contributed by atoms with van der Waals surface area (Å²) in [6.07, 6.45) is 5.65. The molecule has 0 unspecified atom stereocenters. The number of aliphatic hydroxyl groups excluding tert-OH is 1. The number of hydrogen-bond acceptors (Lipinski definition) is 4. The Bertz CT molecular complexity index is 418. The first-order chi connectivity index (χ1) is 8.72. The van der Waals surface area contributed by atoms with Crippen LogP contribution in [0.4, 0.5) is 5.82 Å². The predicted octanol–water partition coefficient (Wildman–Crippen LogP) is 1.52. The lowest BCUT2D eigenvalue weighted by atomic mass is 9.91. The van der Waals surface area contributed by atoms with Gasteiger partial charge in [-0.15, -0.1) is 0 Å². The van der Waals surface area contributed by atoms with E-state index in [0.717, 1.165) is 19.4 Å². The Labute approximate surface area is 106 Å². The second-order valence-corrected chi connectivity index (χ2v) is 4.56. The molecule has 1 fully saturated rings. The van der Waals surface area contributed by atoms with Crippen molar-refractivity contribution in [3.8, 4) is 0 Å². The van der Waals surface area contributed by atoms with Gasteiger partial charge in [-0.05, 0) is 37.8 Å². The van der Waals surface area contributed by atoms with Crippen molar-refractivity contribution in [2.24, 2.45) is 0 Å². The molecule has 1 aliphatic rings. The quantitative estimate of drug-likeness (QED) is 0.800. The van der Waals surface area contributed by atoms with Crippen LogP contribution in [0.3, 0.4) is 0 Å². The lowest BCUT2D eigenvalue weighted by molar-refractivity contribution is 0.0696. The number of carbonyl (C=O) groups is 1. The average Bonchev–Trinajstić information content (AvgIpc) is 2.32. The van der Waals surface area contributed by atoms with Crippen molar-refractivity contribution in [3.63, 3.8) is 0 Å². The molecular weight excluding hydrogens is 232 g/mol. The highest BCUT2D eigenvalue weighted by atomic mass is 16.4. The molecule has 5 nitrogen and oxygen atoms in total. The monoisotopic (exact) mass is 250 g/mol. The number of aliphatic hydroxyl groups is 1. The molecule has 18 heavy (non-hydrogen) atoms. The predicted molar refractivity (Wildman–Crippen MR) is 67.9 cm³/mol. The molecule has 0 atom stereocenters. The molecule has 1 heterocycles. The van der Waals surface area contributed by atoms with Gasteiger partial charge in [0.2, 0.25) is 0 Å². The first kappa shape index (κ1) is 12.8. The highest BCUT2D eigenvalue weighted by Gasteiger charge is 2.25. The van der Waals surface area contributed by atoms with E-state index in [1.807, 2.05) is 0 Å². The number of nitrogens with zero attached hydrogens (tertiary/aromatic N) is 2. The fraction of sp³-hybridized carbons (Fsp3) is 0.538. The molecule has 0 radical (unpaired) electrons. The van der Waals surface area contributed by atoms with Gasteiger partial charge in [0.05, 0.1) is 5.56 Å². The molecule has 2 rings (SSSR count). The Morgan fingerprint density at radius 2 is 2.28 bits per heavy atom. The van der Waals surface area contributed by atoms with Crippen LogP contribution < -0.4 is 4.90 Å². The van der Waals surface area contributed by atoms with Crippen LogP contribution in [0.25, 0.3) is 0 Å².